The first-order valence-electron chi connectivity index (χ1n) is 9.99. The number of rotatable bonds is 0. The van der Waals surface area contributed by atoms with E-state index in [4.69, 9.17) is 4.98 Å². The quantitative estimate of drug-likeness (QED) is 0.619. The zero-order valence-electron chi connectivity index (χ0n) is 16.6. The Hall–Kier alpha value is -3.29. The van der Waals surface area contributed by atoms with E-state index in [0.717, 1.165) is 19.0 Å². The van der Waals surface area contributed by atoms with E-state index in [1.807, 2.05) is 4.57 Å². The number of nitrogens with zero attached hydrogens (tertiary/aromatic N) is 5. The molecule has 4 heterocycles. The third-order valence-electron chi connectivity index (χ3n) is 6.75. The van der Waals surface area contributed by atoms with Crippen molar-refractivity contribution < 1.29 is 0 Å². The van der Waals surface area contributed by atoms with Gasteiger partial charge in [-0.2, -0.15) is 4.98 Å². The highest BCUT2D eigenvalue weighted by Gasteiger charge is 2.42. The fourth-order valence-electron chi connectivity index (χ4n) is 5.32. The molecule has 2 atom stereocenters. The maximum atomic E-state index is 13.0. The third-order valence-corrected chi connectivity index (χ3v) is 6.75. The summed E-state index contributed by atoms with van der Waals surface area (Å²) in [7, 11) is 3.20. The Balaban J connectivity index is 1.71. The van der Waals surface area contributed by atoms with Crippen LogP contribution in [0.1, 0.15) is 29.9 Å². The number of nitrogens with one attached hydrogen (secondary N) is 1. The Morgan fingerprint density at radius 3 is 2.66 bits per heavy atom. The van der Waals surface area contributed by atoms with Gasteiger partial charge in [0.2, 0.25) is 5.95 Å². The van der Waals surface area contributed by atoms with Gasteiger partial charge in [-0.1, -0.05) is 31.2 Å². The fraction of sp³-hybridized carbons (Fsp3) is 0.381. The van der Waals surface area contributed by atoms with E-state index < -0.39 is 0 Å². The lowest BCUT2D eigenvalue weighted by Gasteiger charge is -2.46. The summed E-state index contributed by atoms with van der Waals surface area (Å²) >= 11 is 0. The maximum absolute atomic E-state index is 13.0. The van der Waals surface area contributed by atoms with Crippen molar-refractivity contribution in [3.05, 3.63) is 67.6 Å². The van der Waals surface area contributed by atoms with Crippen LogP contribution in [0.3, 0.4) is 0 Å². The number of benzene rings is 1. The van der Waals surface area contributed by atoms with Gasteiger partial charge in [-0.25, -0.2) is 4.79 Å². The van der Waals surface area contributed by atoms with Crippen LogP contribution in [0.25, 0.3) is 11.2 Å². The smallest absolute Gasteiger partial charge is 0.332 e. The van der Waals surface area contributed by atoms with Gasteiger partial charge in [-0.05, 0) is 11.1 Å². The highest BCUT2D eigenvalue weighted by Crippen LogP contribution is 2.48. The number of aryl methyl sites for hydroxylation is 1. The minimum Gasteiger partial charge on any atom is -0.385 e. The molecule has 3 aliphatic rings. The summed E-state index contributed by atoms with van der Waals surface area (Å²) in [5, 5.41) is 3.63. The first kappa shape index (κ1) is 16.6. The molecule has 1 N–H and O–H groups in total. The minimum atomic E-state index is -0.352. The molecule has 0 radical (unpaired) electrons. The molecule has 0 amide bonds. The largest absolute Gasteiger partial charge is 0.385 e. The molecule has 2 aromatic heterocycles. The highest BCUT2D eigenvalue weighted by molar-refractivity contribution is 5.77. The van der Waals surface area contributed by atoms with Crippen molar-refractivity contribution in [1.82, 2.24) is 24.0 Å². The first-order valence-corrected chi connectivity index (χ1v) is 9.99. The van der Waals surface area contributed by atoms with Crippen LogP contribution in [0.5, 0.6) is 0 Å². The van der Waals surface area contributed by atoms with E-state index in [1.54, 1.807) is 7.05 Å². The average Bonchev–Trinajstić information content (AvgIpc) is 3.14. The summed E-state index contributed by atoms with van der Waals surface area (Å²) in [4.78, 5) is 32.5. The molecule has 6 rings (SSSR count). The minimum absolute atomic E-state index is 0.150. The van der Waals surface area contributed by atoms with Gasteiger partial charge in [0, 0.05) is 57.0 Å². The Morgan fingerprint density at radius 1 is 1.10 bits per heavy atom. The van der Waals surface area contributed by atoms with Crippen LogP contribution in [0.15, 0.2) is 45.2 Å². The molecule has 0 saturated heterocycles. The maximum Gasteiger partial charge on any atom is 0.332 e. The molecule has 0 spiro atoms. The molecule has 8 heteroatoms. The summed E-state index contributed by atoms with van der Waals surface area (Å²) in [5.41, 5.74) is 5.46. The van der Waals surface area contributed by atoms with Crippen molar-refractivity contribution in [3.63, 3.8) is 0 Å². The lowest BCUT2D eigenvalue weighted by atomic mass is 9.76. The van der Waals surface area contributed by atoms with Crippen molar-refractivity contribution >= 4 is 17.1 Å². The molecule has 3 aromatic rings. The molecular weight excluding hydrogens is 368 g/mol. The molecule has 8 nitrogen and oxygen atoms in total. The van der Waals surface area contributed by atoms with Crippen molar-refractivity contribution in [2.45, 2.75) is 25.3 Å². The summed E-state index contributed by atoms with van der Waals surface area (Å²) < 4.78 is 4.66. The van der Waals surface area contributed by atoms with Crippen LogP contribution in [-0.2, 0) is 20.6 Å². The number of imidazole rings is 1. The van der Waals surface area contributed by atoms with Crippen molar-refractivity contribution in [2.75, 3.05) is 18.0 Å². The Bertz CT molecular complexity index is 1360. The van der Waals surface area contributed by atoms with E-state index in [9.17, 15) is 9.59 Å². The standard InChI is InChI=1S/C21H22N6O2/c1-11-12-6-4-5-7-13(12)14-10-27-17-18(24(2)21(29)25(3)19(17)28)23-20(27)26-9-8-22-15(11)16(14)26/h4-7,11,14,22H,8-10H2,1-3H3. The van der Waals surface area contributed by atoms with E-state index in [1.165, 1.54) is 38.7 Å². The van der Waals surface area contributed by atoms with Crippen LogP contribution < -0.4 is 21.5 Å². The zero-order chi connectivity index (χ0) is 20.0. The molecule has 29 heavy (non-hydrogen) atoms. The predicted octanol–water partition coefficient (Wildman–Crippen LogP) is 0.969. The van der Waals surface area contributed by atoms with E-state index >= 15 is 0 Å². The van der Waals surface area contributed by atoms with Gasteiger partial charge >= 0.3 is 5.69 Å². The van der Waals surface area contributed by atoms with Gasteiger partial charge in [0.25, 0.3) is 5.56 Å². The Labute approximate surface area is 166 Å². The van der Waals surface area contributed by atoms with E-state index in [0.29, 0.717) is 17.7 Å². The number of aromatic nitrogens is 4. The van der Waals surface area contributed by atoms with Crippen LogP contribution in [0.4, 0.5) is 5.95 Å². The molecule has 1 aromatic carbocycles. The van der Waals surface area contributed by atoms with Crippen molar-refractivity contribution in [1.29, 1.82) is 0 Å². The molecule has 2 unspecified atom stereocenters. The Kier molecular flexibility index (Phi) is 3.10. The number of allylic oxidation sites excluding steroid dienone is 2. The molecule has 2 aliphatic heterocycles. The molecule has 0 saturated carbocycles. The van der Waals surface area contributed by atoms with Gasteiger partial charge in [0.15, 0.2) is 11.2 Å². The van der Waals surface area contributed by atoms with Gasteiger partial charge in [-0.15, -0.1) is 0 Å². The lowest BCUT2D eigenvalue weighted by molar-refractivity contribution is 0.488. The number of anilines is 1. The second-order valence-electron chi connectivity index (χ2n) is 8.18. The molecule has 148 valence electrons. The number of hydrogen-bond donors (Lipinski definition) is 1. The highest BCUT2D eigenvalue weighted by atomic mass is 16.2. The SMILES string of the molecule is CC1C2=C3C(Cn4c(nc5c4c(=O)n(C)c(=O)n5C)N3CCN2)c2ccccc21. The average molecular weight is 390 g/mol. The van der Waals surface area contributed by atoms with Crippen LogP contribution in [0.2, 0.25) is 0 Å². The summed E-state index contributed by atoms with van der Waals surface area (Å²) in [6.07, 6.45) is 0. The Morgan fingerprint density at radius 2 is 1.86 bits per heavy atom. The van der Waals surface area contributed by atoms with Gasteiger partial charge in [0.1, 0.15) is 0 Å². The second-order valence-corrected chi connectivity index (χ2v) is 8.18. The number of hydrogen-bond acceptors (Lipinski definition) is 5. The molecular formula is C21H22N6O2. The summed E-state index contributed by atoms with van der Waals surface area (Å²) in [6, 6.07) is 8.58. The first-order chi connectivity index (χ1) is 14.0. The predicted molar refractivity (Wildman–Crippen MR) is 110 cm³/mol. The van der Waals surface area contributed by atoms with Gasteiger partial charge < -0.3 is 14.8 Å². The molecule has 0 bridgehead atoms. The summed E-state index contributed by atoms with van der Waals surface area (Å²) in [6.45, 7) is 4.48. The second kappa shape index (κ2) is 5.40. The number of fused-ring (bicyclic) bond motifs is 6. The zero-order valence-corrected chi connectivity index (χ0v) is 16.6. The topological polar surface area (TPSA) is 77.1 Å². The van der Waals surface area contributed by atoms with Crippen LogP contribution in [0, 0.1) is 0 Å². The molecule has 1 aliphatic carbocycles. The molecule has 0 fully saturated rings. The normalized spacial score (nSPS) is 22.2. The van der Waals surface area contributed by atoms with E-state index in [2.05, 4.69) is 41.4 Å². The van der Waals surface area contributed by atoms with Crippen molar-refractivity contribution in [2.24, 2.45) is 14.1 Å². The van der Waals surface area contributed by atoms with Crippen LogP contribution in [-0.4, -0.2) is 31.8 Å². The van der Waals surface area contributed by atoms with Gasteiger partial charge in [0.05, 0.1) is 0 Å². The third kappa shape index (κ3) is 1.91. The van der Waals surface area contributed by atoms with Crippen molar-refractivity contribution in [3.8, 4) is 0 Å². The van der Waals surface area contributed by atoms with Gasteiger partial charge in [-0.3, -0.25) is 13.9 Å². The monoisotopic (exact) mass is 390 g/mol. The lowest BCUT2D eigenvalue weighted by Crippen LogP contribution is -2.48. The van der Waals surface area contributed by atoms with E-state index in [-0.39, 0.29) is 23.1 Å². The fourth-order valence-corrected chi connectivity index (χ4v) is 5.32. The summed E-state index contributed by atoms with van der Waals surface area (Å²) in [5.74, 6) is 1.19. The van der Waals surface area contributed by atoms with Crippen LogP contribution >= 0.6 is 0 Å².